The monoisotopic (exact) mass is 193 g/mol. The number of aromatic nitrogens is 1. The summed E-state index contributed by atoms with van der Waals surface area (Å²) in [7, 11) is 2.04. The Morgan fingerprint density at radius 1 is 1.36 bits per heavy atom. The van der Waals surface area contributed by atoms with Crippen LogP contribution in [-0.2, 0) is 0 Å². The van der Waals surface area contributed by atoms with E-state index in [2.05, 4.69) is 23.7 Å². The quantitative estimate of drug-likeness (QED) is 0.797. The second-order valence-electron chi connectivity index (χ2n) is 3.91. The summed E-state index contributed by atoms with van der Waals surface area (Å²) in [6.07, 6.45) is 1.81. The van der Waals surface area contributed by atoms with Crippen molar-refractivity contribution in [2.75, 3.05) is 11.9 Å². The second kappa shape index (κ2) is 4.42. The molecule has 14 heavy (non-hydrogen) atoms. The molecule has 0 spiro atoms. The molecule has 0 amide bonds. The van der Waals surface area contributed by atoms with Gasteiger partial charge in [0.1, 0.15) is 5.82 Å². The van der Waals surface area contributed by atoms with Gasteiger partial charge in [-0.25, -0.2) is 4.98 Å². The summed E-state index contributed by atoms with van der Waals surface area (Å²) in [4.78, 5) is 6.50. The highest BCUT2D eigenvalue weighted by Gasteiger charge is 2.13. The van der Waals surface area contributed by atoms with Gasteiger partial charge in [0.05, 0.1) is 0 Å². The lowest BCUT2D eigenvalue weighted by atomic mass is 10.1. The molecule has 2 N–H and O–H groups in total. The third kappa shape index (κ3) is 2.23. The van der Waals surface area contributed by atoms with Crippen LogP contribution in [0, 0.1) is 0 Å². The van der Waals surface area contributed by atoms with E-state index in [0.29, 0.717) is 6.04 Å². The summed E-state index contributed by atoms with van der Waals surface area (Å²) in [5.41, 5.74) is 6.99. The van der Waals surface area contributed by atoms with Crippen molar-refractivity contribution in [3.63, 3.8) is 0 Å². The number of hydrogen-bond donors (Lipinski definition) is 1. The molecule has 1 rings (SSSR count). The Morgan fingerprint density at radius 2 is 2.00 bits per heavy atom. The fourth-order valence-corrected chi connectivity index (χ4v) is 1.30. The topological polar surface area (TPSA) is 42.2 Å². The number of hydrogen-bond acceptors (Lipinski definition) is 3. The van der Waals surface area contributed by atoms with Gasteiger partial charge >= 0.3 is 0 Å². The highest BCUT2D eigenvalue weighted by atomic mass is 15.2. The van der Waals surface area contributed by atoms with Crippen LogP contribution in [0.1, 0.15) is 32.4 Å². The summed E-state index contributed by atoms with van der Waals surface area (Å²) in [5, 5.41) is 0. The fourth-order valence-electron chi connectivity index (χ4n) is 1.30. The fraction of sp³-hybridized carbons (Fsp3) is 0.545. The summed E-state index contributed by atoms with van der Waals surface area (Å²) in [6.45, 7) is 6.26. The van der Waals surface area contributed by atoms with E-state index in [-0.39, 0.29) is 6.04 Å². The van der Waals surface area contributed by atoms with Gasteiger partial charge in [-0.3, -0.25) is 0 Å². The van der Waals surface area contributed by atoms with E-state index in [4.69, 9.17) is 5.73 Å². The first-order valence-corrected chi connectivity index (χ1v) is 4.97. The van der Waals surface area contributed by atoms with Crippen molar-refractivity contribution in [1.82, 2.24) is 4.98 Å². The van der Waals surface area contributed by atoms with Gasteiger partial charge in [0, 0.05) is 30.9 Å². The highest BCUT2D eigenvalue weighted by Crippen LogP contribution is 2.22. The molecule has 1 heterocycles. The van der Waals surface area contributed by atoms with Crippen LogP contribution in [0.15, 0.2) is 18.3 Å². The number of anilines is 1. The number of nitrogens with zero attached hydrogens (tertiary/aromatic N) is 2. The Labute approximate surface area is 85.9 Å². The molecule has 0 aliphatic heterocycles. The predicted molar refractivity (Wildman–Crippen MR) is 60.4 cm³/mol. The molecule has 0 unspecified atom stereocenters. The Bertz CT molecular complexity index is 294. The minimum atomic E-state index is 0.0277. The molecule has 0 radical (unpaired) electrons. The Hall–Kier alpha value is -1.09. The first-order chi connectivity index (χ1) is 6.54. The van der Waals surface area contributed by atoms with Crippen molar-refractivity contribution < 1.29 is 0 Å². The van der Waals surface area contributed by atoms with E-state index < -0.39 is 0 Å². The lowest BCUT2D eigenvalue weighted by molar-refractivity contribution is 0.721. The van der Waals surface area contributed by atoms with Gasteiger partial charge in [-0.15, -0.1) is 0 Å². The summed E-state index contributed by atoms with van der Waals surface area (Å²) in [5.74, 6) is 0.984. The Balaban J connectivity index is 3.06. The third-order valence-corrected chi connectivity index (χ3v) is 2.42. The number of rotatable bonds is 3. The summed E-state index contributed by atoms with van der Waals surface area (Å²) in [6, 6.07) is 4.42. The molecule has 0 aromatic carbocycles. The minimum absolute atomic E-state index is 0.0277. The van der Waals surface area contributed by atoms with E-state index in [1.807, 2.05) is 26.1 Å². The molecule has 1 aromatic rings. The maximum Gasteiger partial charge on any atom is 0.133 e. The van der Waals surface area contributed by atoms with Crippen molar-refractivity contribution in [2.24, 2.45) is 5.73 Å². The van der Waals surface area contributed by atoms with Gasteiger partial charge in [-0.1, -0.05) is 6.07 Å². The van der Waals surface area contributed by atoms with Crippen LogP contribution < -0.4 is 10.6 Å². The van der Waals surface area contributed by atoms with Crippen LogP contribution in [0.25, 0.3) is 0 Å². The molecular formula is C11H19N3. The third-order valence-electron chi connectivity index (χ3n) is 2.42. The minimum Gasteiger partial charge on any atom is -0.357 e. The molecule has 1 atom stereocenters. The molecule has 0 fully saturated rings. The van der Waals surface area contributed by atoms with Crippen LogP contribution in [0.5, 0.6) is 0 Å². The van der Waals surface area contributed by atoms with Crippen LogP contribution in [-0.4, -0.2) is 18.1 Å². The highest BCUT2D eigenvalue weighted by molar-refractivity contribution is 5.48. The van der Waals surface area contributed by atoms with Crippen molar-refractivity contribution in [3.05, 3.63) is 23.9 Å². The largest absolute Gasteiger partial charge is 0.357 e. The molecule has 3 nitrogen and oxygen atoms in total. The van der Waals surface area contributed by atoms with Crippen LogP contribution in [0.2, 0.25) is 0 Å². The second-order valence-corrected chi connectivity index (χ2v) is 3.91. The van der Waals surface area contributed by atoms with Crippen molar-refractivity contribution >= 4 is 5.82 Å². The molecule has 0 saturated heterocycles. The first kappa shape index (κ1) is 11.0. The van der Waals surface area contributed by atoms with Crippen LogP contribution >= 0.6 is 0 Å². The zero-order valence-corrected chi connectivity index (χ0v) is 9.36. The van der Waals surface area contributed by atoms with Gasteiger partial charge < -0.3 is 10.6 Å². The predicted octanol–water partition coefficient (Wildman–Crippen LogP) is 1.95. The zero-order chi connectivity index (χ0) is 10.7. The van der Waals surface area contributed by atoms with Gasteiger partial charge in [0.2, 0.25) is 0 Å². The molecule has 0 aliphatic carbocycles. The van der Waals surface area contributed by atoms with E-state index in [0.717, 1.165) is 11.4 Å². The lowest BCUT2D eigenvalue weighted by Gasteiger charge is -2.25. The van der Waals surface area contributed by atoms with Gasteiger partial charge in [0.15, 0.2) is 0 Å². The summed E-state index contributed by atoms with van der Waals surface area (Å²) < 4.78 is 0. The van der Waals surface area contributed by atoms with Gasteiger partial charge in [-0.2, -0.15) is 0 Å². The van der Waals surface area contributed by atoms with Crippen LogP contribution in [0.3, 0.4) is 0 Å². The lowest BCUT2D eigenvalue weighted by Crippen LogP contribution is -2.28. The van der Waals surface area contributed by atoms with E-state index in [9.17, 15) is 0 Å². The van der Waals surface area contributed by atoms with Crippen LogP contribution in [0.4, 0.5) is 5.82 Å². The molecule has 3 heteroatoms. The maximum atomic E-state index is 5.89. The van der Waals surface area contributed by atoms with Crippen molar-refractivity contribution in [3.8, 4) is 0 Å². The molecule has 1 aromatic heterocycles. The van der Waals surface area contributed by atoms with Crippen molar-refractivity contribution in [1.29, 1.82) is 0 Å². The maximum absolute atomic E-state index is 5.89. The smallest absolute Gasteiger partial charge is 0.133 e. The van der Waals surface area contributed by atoms with E-state index in [1.165, 1.54) is 0 Å². The zero-order valence-electron chi connectivity index (χ0n) is 9.36. The SMILES string of the molecule is CC(C)N(C)c1ncccc1[C@H](C)N. The molecule has 0 saturated carbocycles. The van der Waals surface area contributed by atoms with Crippen molar-refractivity contribution in [2.45, 2.75) is 32.9 Å². The number of nitrogens with two attached hydrogens (primary N) is 1. The average Bonchev–Trinajstić information content (AvgIpc) is 2.16. The molecule has 0 bridgehead atoms. The van der Waals surface area contributed by atoms with Gasteiger partial charge in [-0.05, 0) is 26.8 Å². The first-order valence-electron chi connectivity index (χ1n) is 4.97. The average molecular weight is 193 g/mol. The Kier molecular flexibility index (Phi) is 3.47. The Morgan fingerprint density at radius 3 is 2.50 bits per heavy atom. The normalized spacial score (nSPS) is 13.0. The molecular weight excluding hydrogens is 174 g/mol. The molecule has 78 valence electrons. The number of pyridine rings is 1. The van der Waals surface area contributed by atoms with Gasteiger partial charge in [0.25, 0.3) is 0 Å². The van der Waals surface area contributed by atoms with E-state index in [1.54, 1.807) is 6.20 Å². The molecule has 0 aliphatic rings. The van der Waals surface area contributed by atoms with E-state index >= 15 is 0 Å². The standard InChI is InChI=1S/C11H19N3/c1-8(2)14(4)11-10(9(3)12)6-5-7-13-11/h5-9H,12H2,1-4H3/t9-/m0/s1. The summed E-state index contributed by atoms with van der Waals surface area (Å²) >= 11 is 0.